The SMILES string of the molecule is COc1cc(-c2cn3ccccc3n2)ccc1O[C@@H](C)c1ccccc1. The number of pyridine rings is 1. The third-order valence-corrected chi connectivity index (χ3v) is 4.40. The van der Waals surface area contributed by atoms with Gasteiger partial charge in [0.25, 0.3) is 0 Å². The van der Waals surface area contributed by atoms with Crippen molar-refractivity contribution in [3.05, 3.63) is 84.7 Å². The average molecular weight is 344 g/mol. The summed E-state index contributed by atoms with van der Waals surface area (Å²) in [5.41, 5.74) is 3.93. The molecule has 0 unspecified atom stereocenters. The number of benzene rings is 2. The van der Waals surface area contributed by atoms with E-state index in [-0.39, 0.29) is 6.10 Å². The van der Waals surface area contributed by atoms with Crippen molar-refractivity contribution in [2.45, 2.75) is 13.0 Å². The maximum absolute atomic E-state index is 6.12. The molecule has 0 aliphatic heterocycles. The van der Waals surface area contributed by atoms with Gasteiger partial charge in [0.2, 0.25) is 0 Å². The van der Waals surface area contributed by atoms with Gasteiger partial charge in [0.15, 0.2) is 11.5 Å². The largest absolute Gasteiger partial charge is 0.493 e. The molecule has 2 aromatic carbocycles. The molecule has 0 spiro atoms. The van der Waals surface area contributed by atoms with Gasteiger partial charge in [-0.15, -0.1) is 0 Å². The molecule has 4 rings (SSSR count). The van der Waals surface area contributed by atoms with Crippen molar-refractivity contribution in [2.75, 3.05) is 7.11 Å². The van der Waals surface area contributed by atoms with Crippen LogP contribution in [0.4, 0.5) is 0 Å². The molecule has 0 amide bonds. The Morgan fingerprint density at radius 3 is 2.50 bits per heavy atom. The van der Waals surface area contributed by atoms with Crippen molar-refractivity contribution in [1.29, 1.82) is 0 Å². The minimum absolute atomic E-state index is 0.0638. The van der Waals surface area contributed by atoms with Crippen molar-refractivity contribution in [3.63, 3.8) is 0 Å². The zero-order chi connectivity index (χ0) is 17.9. The molecule has 0 saturated carbocycles. The highest BCUT2D eigenvalue weighted by atomic mass is 16.5. The Morgan fingerprint density at radius 1 is 0.923 bits per heavy atom. The zero-order valence-corrected chi connectivity index (χ0v) is 14.8. The number of fused-ring (bicyclic) bond motifs is 1. The number of hydrogen-bond acceptors (Lipinski definition) is 3. The smallest absolute Gasteiger partial charge is 0.162 e. The number of ether oxygens (including phenoxy) is 2. The fraction of sp³-hybridized carbons (Fsp3) is 0.136. The molecular weight excluding hydrogens is 324 g/mol. The van der Waals surface area contributed by atoms with Crippen LogP contribution in [-0.2, 0) is 0 Å². The van der Waals surface area contributed by atoms with Gasteiger partial charge in [0.1, 0.15) is 11.8 Å². The molecule has 0 fully saturated rings. The topological polar surface area (TPSA) is 35.8 Å². The van der Waals surface area contributed by atoms with E-state index in [0.717, 1.165) is 28.2 Å². The Morgan fingerprint density at radius 2 is 1.73 bits per heavy atom. The normalized spacial score (nSPS) is 12.1. The van der Waals surface area contributed by atoms with Crippen LogP contribution in [-0.4, -0.2) is 16.5 Å². The molecule has 4 nitrogen and oxygen atoms in total. The Labute approximate surface area is 152 Å². The molecule has 4 aromatic rings. The Hall–Kier alpha value is -3.27. The van der Waals surface area contributed by atoms with E-state index < -0.39 is 0 Å². The van der Waals surface area contributed by atoms with E-state index in [4.69, 9.17) is 9.47 Å². The van der Waals surface area contributed by atoms with Crippen LogP contribution in [0.5, 0.6) is 11.5 Å². The Bertz CT molecular complexity index is 992. The maximum Gasteiger partial charge on any atom is 0.162 e. The molecule has 0 aliphatic carbocycles. The minimum atomic E-state index is -0.0638. The number of hydrogen-bond donors (Lipinski definition) is 0. The Kier molecular flexibility index (Phi) is 4.32. The summed E-state index contributed by atoms with van der Waals surface area (Å²) in [7, 11) is 1.66. The van der Waals surface area contributed by atoms with Crippen molar-refractivity contribution in [3.8, 4) is 22.8 Å². The van der Waals surface area contributed by atoms with Crippen LogP contribution in [0.1, 0.15) is 18.6 Å². The molecule has 0 bridgehead atoms. The average Bonchev–Trinajstić information content (AvgIpc) is 3.13. The van der Waals surface area contributed by atoms with E-state index in [1.54, 1.807) is 7.11 Å². The highest BCUT2D eigenvalue weighted by Crippen LogP contribution is 2.35. The van der Waals surface area contributed by atoms with Crippen LogP contribution in [0.2, 0.25) is 0 Å². The van der Waals surface area contributed by atoms with E-state index >= 15 is 0 Å². The second-order valence-corrected chi connectivity index (χ2v) is 6.13. The van der Waals surface area contributed by atoms with E-state index in [9.17, 15) is 0 Å². The predicted molar refractivity (Wildman–Crippen MR) is 103 cm³/mol. The van der Waals surface area contributed by atoms with Gasteiger partial charge in [-0.25, -0.2) is 4.98 Å². The molecule has 4 heteroatoms. The first-order chi connectivity index (χ1) is 12.7. The second-order valence-electron chi connectivity index (χ2n) is 6.13. The highest BCUT2D eigenvalue weighted by Gasteiger charge is 2.13. The van der Waals surface area contributed by atoms with Crippen LogP contribution in [0.25, 0.3) is 16.9 Å². The van der Waals surface area contributed by atoms with Gasteiger partial charge >= 0.3 is 0 Å². The van der Waals surface area contributed by atoms with Crippen LogP contribution in [0, 0.1) is 0 Å². The van der Waals surface area contributed by atoms with Crippen LogP contribution in [0.3, 0.4) is 0 Å². The lowest BCUT2D eigenvalue weighted by Crippen LogP contribution is -2.04. The summed E-state index contributed by atoms with van der Waals surface area (Å²) in [6.07, 6.45) is 3.94. The highest BCUT2D eigenvalue weighted by molar-refractivity contribution is 5.66. The number of nitrogens with zero attached hydrogens (tertiary/aromatic N) is 2. The lowest BCUT2D eigenvalue weighted by atomic mass is 10.1. The first-order valence-corrected chi connectivity index (χ1v) is 8.58. The van der Waals surface area contributed by atoms with Crippen molar-refractivity contribution >= 4 is 5.65 Å². The first kappa shape index (κ1) is 16.2. The fourth-order valence-corrected chi connectivity index (χ4v) is 2.98. The summed E-state index contributed by atoms with van der Waals surface area (Å²) in [4.78, 5) is 4.66. The molecule has 2 heterocycles. The van der Waals surface area contributed by atoms with Gasteiger partial charge in [-0.2, -0.15) is 0 Å². The van der Waals surface area contributed by atoms with Gasteiger partial charge in [0.05, 0.1) is 12.8 Å². The lowest BCUT2D eigenvalue weighted by molar-refractivity contribution is 0.216. The van der Waals surface area contributed by atoms with Gasteiger partial charge in [-0.3, -0.25) is 0 Å². The van der Waals surface area contributed by atoms with E-state index in [1.807, 2.05) is 78.3 Å². The molecule has 0 aliphatic rings. The van der Waals surface area contributed by atoms with Crippen molar-refractivity contribution < 1.29 is 9.47 Å². The standard InChI is InChI=1S/C22H20N2O2/c1-16(17-8-4-3-5-9-17)26-20-12-11-18(14-21(20)25-2)19-15-24-13-7-6-10-22(24)23-19/h3-16H,1-2H3/t16-/m0/s1. The summed E-state index contributed by atoms with van der Waals surface area (Å²) in [5.74, 6) is 1.42. The third-order valence-electron chi connectivity index (χ3n) is 4.40. The third kappa shape index (κ3) is 3.14. The van der Waals surface area contributed by atoms with Gasteiger partial charge in [-0.1, -0.05) is 36.4 Å². The summed E-state index contributed by atoms with van der Waals surface area (Å²) >= 11 is 0. The van der Waals surface area contributed by atoms with E-state index in [1.165, 1.54) is 0 Å². The summed E-state index contributed by atoms with van der Waals surface area (Å²) in [5, 5.41) is 0. The predicted octanol–water partition coefficient (Wildman–Crippen LogP) is 5.15. The monoisotopic (exact) mass is 344 g/mol. The number of aromatic nitrogens is 2. The molecule has 1 atom stereocenters. The molecule has 0 radical (unpaired) electrons. The second kappa shape index (κ2) is 6.92. The van der Waals surface area contributed by atoms with Crippen LogP contribution in [0.15, 0.2) is 79.1 Å². The van der Waals surface area contributed by atoms with Crippen LogP contribution < -0.4 is 9.47 Å². The molecule has 0 N–H and O–H groups in total. The molecule has 0 saturated heterocycles. The first-order valence-electron chi connectivity index (χ1n) is 8.58. The minimum Gasteiger partial charge on any atom is -0.493 e. The van der Waals surface area contributed by atoms with E-state index in [2.05, 4.69) is 17.1 Å². The number of methoxy groups -OCH3 is 1. The fourth-order valence-electron chi connectivity index (χ4n) is 2.98. The summed E-state index contributed by atoms with van der Waals surface area (Å²) < 4.78 is 13.7. The molecule has 130 valence electrons. The van der Waals surface area contributed by atoms with Crippen molar-refractivity contribution in [1.82, 2.24) is 9.38 Å². The maximum atomic E-state index is 6.12. The summed E-state index contributed by atoms with van der Waals surface area (Å²) in [6, 6.07) is 22.0. The van der Waals surface area contributed by atoms with Gasteiger partial charge in [0, 0.05) is 18.0 Å². The number of imidazole rings is 1. The van der Waals surface area contributed by atoms with E-state index in [0.29, 0.717) is 5.75 Å². The molecule has 26 heavy (non-hydrogen) atoms. The summed E-state index contributed by atoms with van der Waals surface area (Å²) in [6.45, 7) is 2.03. The van der Waals surface area contributed by atoms with Gasteiger partial charge in [-0.05, 0) is 42.8 Å². The van der Waals surface area contributed by atoms with Crippen molar-refractivity contribution in [2.24, 2.45) is 0 Å². The Balaban J connectivity index is 1.64. The quantitative estimate of drug-likeness (QED) is 0.502. The van der Waals surface area contributed by atoms with Gasteiger partial charge < -0.3 is 13.9 Å². The lowest BCUT2D eigenvalue weighted by Gasteiger charge is -2.17. The number of rotatable bonds is 5. The molecule has 2 aromatic heterocycles. The van der Waals surface area contributed by atoms with Crippen LogP contribution >= 0.6 is 0 Å². The molecular formula is C22H20N2O2. The zero-order valence-electron chi connectivity index (χ0n) is 14.8.